The van der Waals surface area contributed by atoms with Crippen LogP contribution in [0.1, 0.15) is 46.0 Å². The molecule has 1 aliphatic carbocycles. The van der Waals surface area contributed by atoms with Gasteiger partial charge in [0.15, 0.2) is 0 Å². The molecule has 0 aromatic heterocycles. The molecule has 2 aliphatic rings. The van der Waals surface area contributed by atoms with Crippen molar-refractivity contribution in [3.05, 3.63) is 0 Å². The van der Waals surface area contributed by atoms with Gasteiger partial charge in [0, 0.05) is 24.9 Å². The normalized spacial score (nSPS) is 34.6. The van der Waals surface area contributed by atoms with Crippen LogP contribution in [0.2, 0.25) is 0 Å². The molecule has 80 valence electrons. The Morgan fingerprint density at radius 1 is 1.36 bits per heavy atom. The van der Waals surface area contributed by atoms with Crippen molar-refractivity contribution in [2.24, 2.45) is 5.92 Å². The molecule has 1 saturated carbocycles. The molecule has 2 heteroatoms. The molecule has 0 aromatic rings. The number of Topliss-reactive ketones (excluding diaryl/α,β-unsaturated/α-hetero) is 1. The van der Waals surface area contributed by atoms with Crippen molar-refractivity contribution in [2.75, 3.05) is 6.54 Å². The second kappa shape index (κ2) is 4.01. The summed E-state index contributed by atoms with van der Waals surface area (Å²) in [5, 5.41) is 0. The van der Waals surface area contributed by atoms with Gasteiger partial charge in [0.25, 0.3) is 0 Å². The summed E-state index contributed by atoms with van der Waals surface area (Å²) in [5.41, 5.74) is 0. The zero-order valence-corrected chi connectivity index (χ0v) is 9.33. The minimum Gasteiger partial charge on any atom is -0.300 e. The van der Waals surface area contributed by atoms with Crippen molar-refractivity contribution in [3.8, 4) is 0 Å². The molecule has 2 nitrogen and oxygen atoms in total. The summed E-state index contributed by atoms with van der Waals surface area (Å²) in [7, 11) is 0. The average Bonchev–Trinajstić information content (AvgIpc) is 2.70. The molecule has 0 spiro atoms. The summed E-state index contributed by atoms with van der Waals surface area (Å²) in [4.78, 5) is 13.9. The summed E-state index contributed by atoms with van der Waals surface area (Å²) in [6.07, 6.45) is 5.42. The molecule has 1 aliphatic heterocycles. The number of hydrogen-bond acceptors (Lipinski definition) is 2. The van der Waals surface area contributed by atoms with Gasteiger partial charge in [0.2, 0.25) is 0 Å². The molecule has 2 rings (SSSR count). The van der Waals surface area contributed by atoms with Gasteiger partial charge in [-0.25, -0.2) is 0 Å². The van der Waals surface area contributed by atoms with Gasteiger partial charge >= 0.3 is 0 Å². The van der Waals surface area contributed by atoms with E-state index in [4.69, 9.17) is 0 Å². The highest BCUT2D eigenvalue weighted by Gasteiger charge is 2.35. The van der Waals surface area contributed by atoms with Crippen molar-refractivity contribution < 1.29 is 4.79 Å². The van der Waals surface area contributed by atoms with Crippen LogP contribution in [0.25, 0.3) is 0 Å². The molecule has 1 saturated heterocycles. The molecule has 0 amide bonds. The van der Waals surface area contributed by atoms with Gasteiger partial charge in [0.05, 0.1) is 0 Å². The molecule has 0 N–H and O–H groups in total. The van der Waals surface area contributed by atoms with Crippen LogP contribution in [0.3, 0.4) is 0 Å². The van der Waals surface area contributed by atoms with Crippen molar-refractivity contribution in [2.45, 2.75) is 58.0 Å². The Balaban J connectivity index is 1.99. The maximum absolute atomic E-state index is 11.3. The fourth-order valence-electron chi connectivity index (χ4n) is 3.06. The number of rotatable bonds is 2. The van der Waals surface area contributed by atoms with E-state index in [1.165, 1.54) is 19.4 Å². The van der Waals surface area contributed by atoms with E-state index in [1.807, 2.05) is 0 Å². The highest BCUT2D eigenvalue weighted by Crippen LogP contribution is 2.31. The summed E-state index contributed by atoms with van der Waals surface area (Å²) >= 11 is 0. The third kappa shape index (κ3) is 1.85. The SMILES string of the molecule is CC(C)C1CCCN1C1CCC(=O)C1. The van der Waals surface area contributed by atoms with Gasteiger partial charge in [-0.05, 0) is 31.7 Å². The van der Waals surface area contributed by atoms with Gasteiger partial charge in [-0.2, -0.15) is 0 Å². The topological polar surface area (TPSA) is 20.3 Å². The summed E-state index contributed by atoms with van der Waals surface area (Å²) in [5.74, 6) is 1.22. The minimum atomic E-state index is 0.476. The van der Waals surface area contributed by atoms with E-state index < -0.39 is 0 Å². The molecule has 1 heterocycles. The van der Waals surface area contributed by atoms with Gasteiger partial charge in [-0.3, -0.25) is 9.69 Å². The molecule has 0 bridgehead atoms. The van der Waals surface area contributed by atoms with Crippen molar-refractivity contribution in [3.63, 3.8) is 0 Å². The first-order valence-electron chi connectivity index (χ1n) is 5.96. The second-order valence-corrected chi connectivity index (χ2v) is 5.13. The lowest BCUT2D eigenvalue weighted by molar-refractivity contribution is -0.117. The Labute approximate surface area is 86.7 Å². The largest absolute Gasteiger partial charge is 0.300 e. The van der Waals surface area contributed by atoms with Crippen LogP contribution < -0.4 is 0 Å². The molecule has 14 heavy (non-hydrogen) atoms. The molecule has 2 atom stereocenters. The van der Waals surface area contributed by atoms with Crippen molar-refractivity contribution in [1.29, 1.82) is 0 Å². The monoisotopic (exact) mass is 195 g/mol. The van der Waals surface area contributed by atoms with E-state index in [0.29, 0.717) is 11.8 Å². The highest BCUT2D eigenvalue weighted by molar-refractivity contribution is 5.81. The molecular formula is C12H21NO. The third-order valence-electron chi connectivity index (χ3n) is 3.80. The standard InChI is InChI=1S/C12H21NO/c1-9(2)12-4-3-7-13(12)10-5-6-11(14)8-10/h9-10,12H,3-8H2,1-2H3. The Kier molecular flexibility index (Phi) is 2.91. The smallest absolute Gasteiger partial charge is 0.134 e. The average molecular weight is 195 g/mol. The third-order valence-corrected chi connectivity index (χ3v) is 3.80. The second-order valence-electron chi connectivity index (χ2n) is 5.13. The van der Waals surface area contributed by atoms with E-state index in [1.54, 1.807) is 0 Å². The maximum Gasteiger partial charge on any atom is 0.134 e. The first kappa shape index (κ1) is 10.2. The van der Waals surface area contributed by atoms with Crippen molar-refractivity contribution in [1.82, 2.24) is 4.90 Å². The maximum atomic E-state index is 11.3. The van der Waals surface area contributed by atoms with Crippen LogP contribution >= 0.6 is 0 Å². The lowest BCUT2D eigenvalue weighted by atomic mass is 10.0. The van der Waals surface area contributed by atoms with Crippen LogP contribution in [0.15, 0.2) is 0 Å². The van der Waals surface area contributed by atoms with Gasteiger partial charge in [0.1, 0.15) is 5.78 Å². The predicted octanol–water partition coefficient (Wildman–Crippen LogP) is 2.23. The molecule has 0 aromatic carbocycles. The van der Waals surface area contributed by atoms with Gasteiger partial charge < -0.3 is 0 Å². The van der Waals surface area contributed by atoms with E-state index in [2.05, 4.69) is 18.7 Å². The number of carbonyl (C=O) groups excluding carboxylic acids is 1. The molecule has 2 unspecified atom stereocenters. The Hall–Kier alpha value is -0.370. The number of hydrogen-bond donors (Lipinski definition) is 0. The van der Waals surface area contributed by atoms with Crippen LogP contribution in [0.4, 0.5) is 0 Å². The Morgan fingerprint density at radius 3 is 2.71 bits per heavy atom. The van der Waals surface area contributed by atoms with Gasteiger partial charge in [-0.1, -0.05) is 13.8 Å². The van der Waals surface area contributed by atoms with Crippen LogP contribution in [0, 0.1) is 5.92 Å². The number of likely N-dealkylation sites (tertiary alicyclic amines) is 1. The lowest BCUT2D eigenvalue weighted by Gasteiger charge is -2.32. The predicted molar refractivity (Wildman–Crippen MR) is 57.2 cm³/mol. The van der Waals surface area contributed by atoms with Gasteiger partial charge in [-0.15, -0.1) is 0 Å². The van der Waals surface area contributed by atoms with E-state index in [9.17, 15) is 4.79 Å². The molecule has 0 radical (unpaired) electrons. The van der Waals surface area contributed by atoms with Crippen molar-refractivity contribution >= 4 is 5.78 Å². The fourth-order valence-corrected chi connectivity index (χ4v) is 3.06. The quantitative estimate of drug-likeness (QED) is 0.673. The summed E-state index contributed by atoms with van der Waals surface area (Å²) in [6.45, 7) is 5.83. The minimum absolute atomic E-state index is 0.476. The molecule has 2 fully saturated rings. The molecular weight excluding hydrogens is 174 g/mol. The Bertz CT molecular complexity index is 224. The van der Waals surface area contributed by atoms with E-state index in [-0.39, 0.29) is 0 Å². The van der Waals surface area contributed by atoms with Crippen LogP contribution in [-0.4, -0.2) is 29.3 Å². The van der Waals surface area contributed by atoms with Crippen LogP contribution in [0.5, 0.6) is 0 Å². The number of nitrogens with zero attached hydrogens (tertiary/aromatic N) is 1. The number of ketones is 1. The fraction of sp³-hybridized carbons (Fsp3) is 0.917. The Morgan fingerprint density at radius 2 is 2.14 bits per heavy atom. The summed E-state index contributed by atoms with van der Waals surface area (Å²) in [6, 6.07) is 1.32. The zero-order valence-electron chi connectivity index (χ0n) is 9.33. The lowest BCUT2D eigenvalue weighted by Crippen LogP contribution is -2.40. The van der Waals surface area contributed by atoms with E-state index >= 15 is 0 Å². The first-order valence-corrected chi connectivity index (χ1v) is 5.96. The zero-order chi connectivity index (χ0) is 10.1. The van der Waals surface area contributed by atoms with Crippen LogP contribution in [-0.2, 0) is 4.79 Å². The highest BCUT2D eigenvalue weighted by atomic mass is 16.1. The summed E-state index contributed by atoms with van der Waals surface area (Å²) < 4.78 is 0. The first-order chi connectivity index (χ1) is 6.68. The number of carbonyl (C=O) groups is 1. The van der Waals surface area contributed by atoms with E-state index in [0.717, 1.165) is 31.2 Å².